The highest BCUT2D eigenvalue weighted by molar-refractivity contribution is 6.09. The van der Waals surface area contributed by atoms with Gasteiger partial charge in [-0.3, -0.25) is 4.99 Å². The molecule has 0 atom stereocenters. The smallest absolute Gasteiger partial charge is 0.0674 e. The molecular formula is C21H22N2. The molecule has 4 rings (SSSR count). The van der Waals surface area contributed by atoms with E-state index in [2.05, 4.69) is 87.6 Å². The first-order valence-corrected chi connectivity index (χ1v) is 8.18. The van der Waals surface area contributed by atoms with Crippen molar-refractivity contribution in [3.8, 4) is 0 Å². The zero-order valence-electron chi connectivity index (χ0n) is 14.1. The van der Waals surface area contributed by atoms with E-state index in [0.717, 1.165) is 11.4 Å². The van der Waals surface area contributed by atoms with Crippen LogP contribution in [-0.2, 0) is 10.8 Å². The molecule has 2 heterocycles. The van der Waals surface area contributed by atoms with Crippen LogP contribution in [0, 0.1) is 0 Å². The van der Waals surface area contributed by atoms with Crippen LogP contribution >= 0.6 is 0 Å². The Morgan fingerprint density at radius 1 is 0.826 bits per heavy atom. The largest absolute Gasteiger partial charge is 0.358 e. The predicted octanol–water partition coefficient (Wildman–Crippen LogP) is 5.34. The Morgan fingerprint density at radius 3 is 2.17 bits per heavy atom. The molecule has 0 saturated carbocycles. The van der Waals surface area contributed by atoms with E-state index in [1.165, 1.54) is 22.5 Å². The molecule has 0 saturated heterocycles. The number of nitrogens with one attached hydrogen (secondary N) is 1. The molecule has 2 aromatic carbocycles. The van der Waals surface area contributed by atoms with Crippen LogP contribution in [0.5, 0.6) is 0 Å². The summed E-state index contributed by atoms with van der Waals surface area (Å²) >= 11 is 0. The second kappa shape index (κ2) is 4.58. The Balaban J connectivity index is 1.79. The third kappa shape index (κ3) is 1.98. The van der Waals surface area contributed by atoms with Gasteiger partial charge in [0.05, 0.1) is 11.4 Å². The van der Waals surface area contributed by atoms with Gasteiger partial charge in [0.2, 0.25) is 0 Å². The molecule has 1 N–H and O–H groups in total. The van der Waals surface area contributed by atoms with Crippen molar-refractivity contribution in [2.75, 3.05) is 5.32 Å². The first-order chi connectivity index (χ1) is 10.9. The Morgan fingerprint density at radius 2 is 1.48 bits per heavy atom. The van der Waals surface area contributed by atoms with E-state index in [-0.39, 0.29) is 10.8 Å². The first kappa shape index (κ1) is 14.3. The summed E-state index contributed by atoms with van der Waals surface area (Å²) in [5.41, 5.74) is 7.22. The second-order valence-electron chi connectivity index (χ2n) is 7.49. The minimum Gasteiger partial charge on any atom is -0.358 e. The van der Waals surface area contributed by atoms with E-state index in [1.807, 2.05) is 0 Å². The molecule has 0 radical (unpaired) electrons. The van der Waals surface area contributed by atoms with Crippen LogP contribution in [0.15, 0.2) is 65.3 Å². The molecule has 0 bridgehead atoms. The summed E-state index contributed by atoms with van der Waals surface area (Å²) in [7, 11) is 0. The second-order valence-corrected chi connectivity index (χ2v) is 7.49. The number of nitrogens with zero attached hydrogens (tertiary/aromatic N) is 1. The van der Waals surface area contributed by atoms with Crippen LogP contribution in [-0.4, -0.2) is 5.71 Å². The number of rotatable bonds is 1. The fraction of sp³-hybridized carbons (Fsp3) is 0.286. The highest BCUT2D eigenvalue weighted by Gasteiger charge is 2.38. The number of allylic oxidation sites excluding steroid dienone is 2. The maximum Gasteiger partial charge on any atom is 0.0674 e. The predicted molar refractivity (Wildman–Crippen MR) is 97.7 cm³/mol. The molecule has 2 heteroatoms. The van der Waals surface area contributed by atoms with E-state index in [1.54, 1.807) is 0 Å². The van der Waals surface area contributed by atoms with Crippen LogP contribution in [0.2, 0.25) is 0 Å². The van der Waals surface area contributed by atoms with Crippen LogP contribution in [0.4, 0.5) is 11.4 Å². The van der Waals surface area contributed by atoms with E-state index < -0.39 is 0 Å². The third-order valence-electron chi connectivity index (χ3n) is 5.28. The van der Waals surface area contributed by atoms with Gasteiger partial charge in [-0.15, -0.1) is 0 Å². The standard InChI is InChI=1S/C21H22N2/c1-20(2)14-9-5-7-11-16(14)22-18(20)13-19-21(3,4)15-10-6-8-12-17(15)23-19/h5-13,22H,1-4H3. The molecule has 0 fully saturated rings. The van der Waals surface area contributed by atoms with Gasteiger partial charge in [-0.25, -0.2) is 0 Å². The molecule has 0 spiro atoms. The fourth-order valence-electron chi connectivity index (χ4n) is 3.66. The maximum atomic E-state index is 4.90. The number of hydrogen-bond acceptors (Lipinski definition) is 2. The summed E-state index contributed by atoms with van der Waals surface area (Å²) in [5.74, 6) is 0. The van der Waals surface area contributed by atoms with Gasteiger partial charge < -0.3 is 5.32 Å². The van der Waals surface area contributed by atoms with Crippen molar-refractivity contribution in [1.82, 2.24) is 0 Å². The highest BCUT2D eigenvalue weighted by Crippen LogP contribution is 2.45. The Labute approximate surface area is 138 Å². The molecular weight excluding hydrogens is 280 g/mol. The lowest BCUT2D eigenvalue weighted by Gasteiger charge is -2.24. The van der Waals surface area contributed by atoms with E-state index in [4.69, 9.17) is 4.99 Å². The summed E-state index contributed by atoms with van der Waals surface area (Å²) in [4.78, 5) is 4.90. The van der Waals surface area contributed by atoms with E-state index in [0.29, 0.717) is 0 Å². The molecule has 2 aromatic rings. The molecule has 0 aromatic heterocycles. The number of fused-ring (bicyclic) bond motifs is 2. The van der Waals surface area contributed by atoms with Crippen molar-refractivity contribution in [2.24, 2.45) is 4.99 Å². The number of hydrogen-bond donors (Lipinski definition) is 1. The summed E-state index contributed by atoms with van der Waals surface area (Å²) in [6, 6.07) is 17.0. The Bertz CT molecular complexity index is 854. The lowest BCUT2D eigenvalue weighted by molar-refractivity contribution is 0.653. The maximum absolute atomic E-state index is 4.90. The van der Waals surface area contributed by atoms with E-state index >= 15 is 0 Å². The average Bonchev–Trinajstić information content (AvgIpc) is 2.92. The van der Waals surface area contributed by atoms with Crippen LogP contribution in [0.3, 0.4) is 0 Å². The molecule has 2 nitrogen and oxygen atoms in total. The lowest BCUT2D eigenvalue weighted by Crippen LogP contribution is -2.26. The average molecular weight is 302 g/mol. The Hall–Kier alpha value is -2.35. The summed E-state index contributed by atoms with van der Waals surface area (Å²) in [6.07, 6.45) is 2.25. The topological polar surface area (TPSA) is 24.4 Å². The number of aliphatic imine (C=N–C) groups is 1. The lowest BCUT2D eigenvalue weighted by atomic mass is 9.78. The summed E-state index contributed by atoms with van der Waals surface area (Å²) < 4.78 is 0. The van der Waals surface area contributed by atoms with Crippen molar-refractivity contribution in [1.29, 1.82) is 0 Å². The molecule has 0 aliphatic carbocycles. The van der Waals surface area contributed by atoms with Gasteiger partial charge in [0.1, 0.15) is 0 Å². The van der Waals surface area contributed by atoms with Crippen LogP contribution in [0.1, 0.15) is 38.8 Å². The van der Waals surface area contributed by atoms with Crippen LogP contribution in [0.25, 0.3) is 0 Å². The number of para-hydroxylation sites is 2. The van der Waals surface area contributed by atoms with Crippen molar-refractivity contribution in [3.05, 3.63) is 71.4 Å². The monoisotopic (exact) mass is 302 g/mol. The van der Waals surface area contributed by atoms with Gasteiger partial charge in [-0.05, 0) is 29.3 Å². The van der Waals surface area contributed by atoms with Crippen molar-refractivity contribution < 1.29 is 0 Å². The SMILES string of the molecule is CC1(C)C(C=C2Nc3ccccc3C2(C)C)=Nc2ccccc21. The van der Waals surface area contributed by atoms with Gasteiger partial charge in [0.25, 0.3) is 0 Å². The Kier molecular flexibility index (Phi) is 2.84. The molecule has 23 heavy (non-hydrogen) atoms. The molecule has 0 unspecified atom stereocenters. The molecule has 2 aliphatic rings. The quantitative estimate of drug-likeness (QED) is 0.755. The minimum absolute atomic E-state index is 0.0238. The number of anilines is 1. The normalized spacial score (nSPS) is 21.6. The van der Waals surface area contributed by atoms with Crippen molar-refractivity contribution in [3.63, 3.8) is 0 Å². The fourth-order valence-corrected chi connectivity index (χ4v) is 3.66. The van der Waals surface area contributed by atoms with Gasteiger partial charge >= 0.3 is 0 Å². The molecule has 0 amide bonds. The third-order valence-corrected chi connectivity index (χ3v) is 5.28. The summed E-state index contributed by atoms with van der Waals surface area (Å²) in [5, 5.41) is 3.60. The first-order valence-electron chi connectivity index (χ1n) is 8.18. The zero-order valence-corrected chi connectivity index (χ0v) is 14.1. The minimum atomic E-state index is -0.0594. The van der Waals surface area contributed by atoms with Crippen molar-refractivity contribution in [2.45, 2.75) is 38.5 Å². The highest BCUT2D eigenvalue weighted by atomic mass is 15.0. The van der Waals surface area contributed by atoms with Gasteiger partial charge in [-0.1, -0.05) is 64.1 Å². The summed E-state index contributed by atoms with van der Waals surface area (Å²) in [6.45, 7) is 9.05. The zero-order chi connectivity index (χ0) is 16.2. The van der Waals surface area contributed by atoms with Crippen LogP contribution < -0.4 is 5.32 Å². The van der Waals surface area contributed by atoms with E-state index in [9.17, 15) is 0 Å². The van der Waals surface area contributed by atoms with Gasteiger partial charge in [0.15, 0.2) is 0 Å². The van der Waals surface area contributed by atoms with Gasteiger partial charge in [0, 0.05) is 22.2 Å². The van der Waals surface area contributed by atoms with Crippen molar-refractivity contribution >= 4 is 17.1 Å². The van der Waals surface area contributed by atoms with Gasteiger partial charge in [-0.2, -0.15) is 0 Å². The number of benzene rings is 2. The molecule has 2 aliphatic heterocycles. The molecule has 116 valence electrons.